The molecule has 2 aliphatic rings. The summed E-state index contributed by atoms with van der Waals surface area (Å²) in [6, 6.07) is 19.1. The molecule has 1 unspecified atom stereocenters. The number of ether oxygens (including phenoxy) is 2. The molecule has 0 radical (unpaired) electrons. The molecule has 3 N–H and O–H groups in total. The summed E-state index contributed by atoms with van der Waals surface area (Å²) >= 11 is 0. The number of piperidine rings is 1. The summed E-state index contributed by atoms with van der Waals surface area (Å²) in [6.45, 7) is 3.30. The van der Waals surface area contributed by atoms with Crippen molar-refractivity contribution in [3.05, 3.63) is 60.2 Å². The molecular formula is C32H47N3O3. The molecule has 3 atom stereocenters. The predicted octanol–water partition coefficient (Wildman–Crippen LogP) is 6.17. The zero-order valence-corrected chi connectivity index (χ0v) is 23.2. The number of hydrogen-bond donors (Lipinski definition) is 2. The number of benzene rings is 2. The monoisotopic (exact) mass is 521 g/mol. The van der Waals surface area contributed by atoms with Gasteiger partial charge in [0.15, 0.2) is 0 Å². The van der Waals surface area contributed by atoms with E-state index in [9.17, 15) is 4.79 Å². The number of urea groups is 1. The SMILES string of the molecule is COCCCOC(c1ccccc1-c1ccccc1)[C@@H]1CCCN(C(=O)NC[C@H](N)CC2CCCCC2)C1. The van der Waals surface area contributed by atoms with Gasteiger partial charge in [-0.3, -0.25) is 0 Å². The average Bonchev–Trinajstić information content (AvgIpc) is 2.97. The normalized spacial score (nSPS) is 20.2. The largest absolute Gasteiger partial charge is 0.385 e. The van der Waals surface area contributed by atoms with Crippen molar-refractivity contribution < 1.29 is 14.3 Å². The third-order valence-electron chi connectivity index (χ3n) is 8.19. The van der Waals surface area contributed by atoms with Gasteiger partial charge in [-0.1, -0.05) is 86.7 Å². The summed E-state index contributed by atoms with van der Waals surface area (Å²) < 4.78 is 11.8. The first kappa shape index (κ1) is 28.6. The Morgan fingerprint density at radius 2 is 1.76 bits per heavy atom. The van der Waals surface area contributed by atoms with Crippen molar-refractivity contribution >= 4 is 6.03 Å². The minimum Gasteiger partial charge on any atom is -0.385 e. The number of carbonyl (C=O) groups is 1. The number of nitrogens with zero attached hydrogens (tertiary/aromatic N) is 1. The number of amides is 2. The molecule has 0 aromatic heterocycles. The molecule has 1 heterocycles. The molecule has 6 nitrogen and oxygen atoms in total. The summed E-state index contributed by atoms with van der Waals surface area (Å²) in [6.07, 6.45) is 10.3. The second-order valence-electron chi connectivity index (χ2n) is 11.1. The minimum atomic E-state index is -0.0904. The molecule has 38 heavy (non-hydrogen) atoms. The van der Waals surface area contributed by atoms with Crippen molar-refractivity contribution in [3.63, 3.8) is 0 Å². The van der Waals surface area contributed by atoms with Gasteiger partial charge in [0.1, 0.15) is 0 Å². The van der Waals surface area contributed by atoms with Crippen LogP contribution in [0.3, 0.4) is 0 Å². The zero-order chi connectivity index (χ0) is 26.6. The van der Waals surface area contributed by atoms with E-state index in [1.807, 2.05) is 11.0 Å². The van der Waals surface area contributed by atoms with Crippen molar-refractivity contribution in [1.29, 1.82) is 0 Å². The lowest BCUT2D eigenvalue weighted by atomic mass is 9.85. The van der Waals surface area contributed by atoms with Gasteiger partial charge in [-0.15, -0.1) is 0 Å². The Kier molecular flexibility index (Phi) is 11.5. The van der Waals surface area contributed by atoms with E-state index in [0.29, 0.717) is 26.3 Å². The van der Waals surface area contributed by atoms with Crippen LogP contribution in [0.2, 0.25) is 0 Å². The molecule has 1 aliphatic heterocycles. The lowest BCUT2D eigenvalue weighted by Gasteiger charge is -2.38. The molecule has 6 heteroatoms. The number of hydrogen-bond acceptors (Lipinski definition) is 4. The van der Waals surface area contributed by atoms with Crippen LogP contribution in [0.1, 0.15) is 69.5 Å². The van der Waals surface area contributed by atoms with Gasteiger partial charge in [0, 0.05) is 51.9 Å². The summed E-state index contributed by atoms with van der Waals surface area (Å²) in [4.78, 5) is 15.2. The summed E-state index contributed by atoms with van der Waals surface area (Å²) in [5.74, 6) is 0.938. The molecule has 2 amide bonds. The third-order valence-corrected chi connectivity index (χ3v) is 8.19. The Bertz CT molecular complexity index is 963. The number of rotatable bonds is 12. The van der Waals surface area contributed by atoms with Gasteiger partial charge in [0.25, 0.3) is 0 Å². The lowest BCUT2D eigenvalue weighted by molar-refractivity contribution is -0.0163. The van der Waals surface area contributed by atoms with Crippen LogP contribution in [0, 0.1) is 11.8 Å². The fourth-order valence-corrected chi connectivity index (χ4v) is 6.23. The number of likely N-dealkylation sites (tertiary alicyclic amines) is 1. The lowest BCUT2D eigenvalue weighted by Crippen LogP contribution is -2.49. The Balaban J connectivity index is 1.42. The Morgan fingerprint density at radius 1 is 1.00 bits per heavy atom. The Labute approximate surface area is 229 Å². The molecule has 1 saturated heterocycles. The highest BCUT2D eigenvalue weighted by Crippen LogP contribution is 2.38. The minimum absolute atomic E-state index is 0.00303. The topological polar surface area (TPSA) is 76.8 Å². The van der Waals surface area contributed by atoms with Gasteiger partial charge in [0.2, 0.25) is 0 Å². The first-order chi connectivity index (χ1) is 18.7. The fraction of sp³-hybridized carbons (Fsp3) is 0.594. The van der Waals surface area contributed by atoms with Gasteiger partial charge in [-0.2, -0.15) is 0 Å². The van der Waals surface area contributed by atoms with E-state index in [0.717, 1.165) is 38.1 Å². The number of methoxy groups -OCH3 is 1. The van der Waals surface area contributed by atoms with Crippen LogP contribution in [-0.4, -0.2) is 56.9 Å². The van der Waals surface area contributed by atoms with Crippen LogP contribution < -0.4 is 11.1 Å². The summed E-state index contributed by atoms with van der Waals surface area (Å²) in [5.41, 5.74) is 9.99. The smallest absolute Gasteiger partial charge is 0.317 e. The van der Waals surface area contributed by atoms with Crippen LogP contribution in [0.15, 0.2) is 54.6 Å². The molecule has 1 saturated carbocycles. The maximum atomic E-state index is 13.2. The first-order valence-electron chi connectivity index (χ1n) is 14.7. The molecule has 4 rings (SSSR count). The maximum Gasteiger partial charge on any atom is 0.317 e. The fourth-order valence-electron chi connectivity index (χ4n) is 6.23. The molecule has 1 aliphatic carbocycles. The van der Waals surface area contributed by atoms with E-state index < -0.39 is 0 Å². The molecule has 0 bridgehead atoms. The molecule has 208 valence electrons. The van der Waals surface area contributed by atoms with Gasteiger partial charge in [-0.05, 0) is 48.3 Å². The number of nitrogens with one attached hydrogen (secondary N) is 1. The molecule has 2 aromatic rings. The van der Waals surface area contributed by atoms with Crippen LogP contribution >= 0.6 is 0 Å². The average molecular weight is 522 g/mol. The highest BCUT2D eigenvalue weighted by atomic mass is 16.5. The summed E-state index contributed by atoms with van der Waals surface area (Å²) in [7, 11) is 1.72. The van der Waals surface area contributed by atoms with Crippen molar-refractivity contribution in [3.8, 4) is 11.1 Å². The molecular weight excluding hydrogens is 474 g/mol. The second-order valence-corrected chi connectivity index (χ2v) is 11.1. The van der Waals surface area contributed by atoms with Gasteiger partial charge in [-0.25, -0.2) is 4.79 Å². The van der Waals surface area contributed by atoms with E-state index in [2.05, 4.69) is 53.8 Å². The van der Waals surface area contributed by atoms with Gasteiger partial charge < -0.3 is 25.4 Å². The van der Waals surface area contributed by atoms with E-state index in [4.69, 9.17) is 15.2 Å². The van der Waals surface area contributed by atoms with Gasteiger partial charge >= 0.3 is 6.03 Å². The maximum absolute atomic E-state index is 13.2. The summed E-state index contributed by atoms with van der Waals surface area (Å²) in [5, 5.41) is 3.14. The van der Waals surface area contributed by atoms with E-state index >= 15 is 0 Å². The zero-order valence-electron chi connectivity index (χ0n) is 23.2. The van der Waals surface area contributed by atoms with Crippen molar-refractivity contribution in [1.82, 2.24) is 10.2 Å². The van der Waals surface area contributed by atoms with Crippen LogP contribution in [0.5, 0.6) is 0 Å². The van der Waals surface area contributed by atoms with Crippen LogP contribution in [0.4, 0.5) is 4.79 Å². The number of carbonyl (C=O) groups excluding carboxylic acids is 1. The van der Waals surface area contributed by atoms with Crippen LogP contribution in [0.25, 0.3) is 11.1 Å². The highest BCUT2D eigenvalue weighted by molar-refractivity contribution is 5.74. The first-order valence-corrected chi connectivity index (χ1v) is 14.7. The molecule has 0 spiro atoms. The third kappa shape index (κ3) is 8.29. The highest BCUT2D eigenvalue weighted by Gasteiger charge is 2.32. The van der Waals surface area contributed by atoms with E-state index in [1.54, 1.807) is 7.11 Å². The second kappa shape index (κ2) is 15.2. The van der Waals surface area contributed by atoms with Gasteiger partial charge in [0.05, 0.1) is 6.10 Å². The van der Waals surface area contributed by atoms with E-state index in [-0.39, 0.29) is 24.1 Å². The molecule has 2 fully saturated rings. The van der Waals surface area contributed by atoms with Crippen molar-refractivity contribution in [2.24, 2.45) is 17.6 Å². The quantitative estimate of drug-likeness (QED) is 0.328. The predicted molar refractivity (Wildman–Crippen MR) is 154 cm³/mol. The van der Waals surface area contributed by atoms with Crippen LogP contribution in [-0.2, 0) is 9.47 Å². The standard InChI is InChI=1S/C32H47N3O3/c1-37-20-11-21-38-31(30-18-9-8-17-29(30)26-14-6-3-7-15-26)27-16-10-19-35(24-27)32(36)34-23-28(33)22-25-12-4-2-5-13-25/h3,6-9,14-15,17-18,25,27-28,31H,2,4-5,10-13,16,19-24,33H2,1H3,(H,34,36)/t27-,28-,31?/m1/s1. The van der Waals surface area contributed by atoms with Crippen molar-refractivity contribution in [2.45, 2.75) is 69.9 Å². The Hall–Kier alpha value is -2.41. The van der Waals surface area contributed by atoms with E-state index in [1.165, 1.54) is 48.8 Å². The van der Waals surface area contributed by atoms with Crippen molar-refractivity contribution in [2.75, 3.05) is 40.0 Å². The molecule has 2 aromatic carbocycles. The Morgan fingerprint density at radius 3 is 2.55 bits per heavy atom. The number of nitrogens with two attached hydrogens (primary N) is 1.